The van der Waals surface area contributed by atoms with Gasteiger partial charge in [0.05, 0.1) is 5.56 Å². The lowest BCUT2D eigenvalue weighted by atomic mass is 9.72. The lowest BCUT2D eigenvalue weighted by molar-refractivity contribution is 0.0697. The van der Waals surface area contributed by atoms with Crippen molar-refractivity contribution in [2.24, 2.45) is 0 Å². The Morgan fingerprint density at radius 1 is 0.871 bits per heavy atom. The third-order valence-electron chi connectivity index (χ3n) is 5.59. The first-order valence-corrected chi connectivity index (χ1v) is 10.2. The maximum Gasteiger partial charge on any atom is 0.335 e. The molecule has 4 rings (SSSR count). The van der Waals surface area contributed by atoms with E-state index in [-0.39, 0.29) is 17.0 Å². The number of fused-ring (bicyclic) bond motifs is 1. The van der Waals surface area contributed by atoms with Crippen molar-refractivity contribution in [3.63, 3.8) is 0 Å². The molecule has 3 aromatic rings. The molecule has 0 bridgehead atoms. The summed E-state index contributed by atoms with van der Waals surface area (Å²) in [5.74, 6) is -1.00. The van der Waals surface area contributed by atoms with Crippen LogP contribution in [0.2, 0.25) is 0 Å². The number of rotatable bonds is 4. The molecule has 0 atom stereocenters. The molecular weight excluding hydrogens is 388 g/mol. The second kappa shape index (κ2) is 8.11. The number of allylic oxidation sites excluding steroid dienone is 1. The van der Waals surface area contributed by atoms with E-state index < -0.39 is 5.97 Å². The molecule has 31 heavy (non-hydrogen) atoms. The number of carboxylic acids is 1. The number of anilines is 2. The first kappa shape index (κ1) is 20.4. The summed E-state index contributed by atoms with van der Waals surface area (Å²) in [6.45, 7) is 4.45. The molecular formula is C26H24N2O3. The fourth-order valence-electron chi connectivity index (χ4n) is 3.89. The molecule has 0 aromatic heterocycles. The average Bonchev–Trinajstić information content (AvgIpc) is 2.74. The molecule has 5 nitrogen and oxygen atoms in total. The molecule has 3 aromatic carbocycles. The van der Waals surface area contributed by atoms with Gasteiger partial charge in [0, 0.05) is 11.4 Å². The zero-order valence-corrected chi connectivity index (χ0v) is 17.5. The van der Waals surface area contributed by atoms with Crippen molar-refractivity contribution in [2.75, 3.05) is 10.6 Å². The molecule has 0 fully saturated rings. The summed E-state index contributed by atoms with van der Waals surface area (Å²) in [5.41, 5.74) is 6.09. The van der Waals surface area contributed by atoms with Crippen molar-refractivity contribution < 1.29 is 14.7 Å². The van der Waals surface area contributed by atoms with Crippen LogP contribution in [-0.2, 0) is 5.41 Å². The van der Waals surface area contributed by atoms with Crippen LogP contribution in [0.15, 0.2) is 78.9 Å². The molecule has 0 unspecified atom stereocenters. The van der Waals surface area contributed by atoms with Crippen LogP contribution in [0.3, 0.4) is 0 Å². The summed E-state index contributed by atoms with van der Waals surface area (Å²) in [4.78, 5) is 23.5. The maximum absolute atomic E-state index is 12.5. The molecule has 0 spiro atoms. The van der Waals surface area contributed by atoms with E-state index in [9.17, 15) is 9.59 Å². The number of hydrogen-bond donors (Lipinski definition) is 3. The summed E-state index contributed by atoms with van der Waals surface area (Å²) in [6.07, 6.45) is 3.22. The molecule has 0 saturated heterocycles. The SMILES string of the molecule is CC1(C)CC=C(c2ccccc2)c2cc(NC(=O)Nc3ccc(C(=O)O)cc3)ccc21. The molecule has 0 saturated carbocycles. The molecule has 0 heterocycles. The van der Waals surface area contributed by atoms with Crippen LogP contribution in [0.1, 0.15) is 47.3 Å². The van der Waals surface area contributed by atoms with Gasteiger partial charge in [-0.1, -0.05) is 56.3 Å². The van der Waals surface area contributed by atoms with Crippen LogP contribution in [0, 0.1) is 0 Å². The van der Waals surface area contributed by atoms with Crippen LogP contribution in [-0.4, -0.2) is 17.1 Å². The van der Waals surface area contributed by atoms with Crippen molar-refractivity contribution in [1.29, 1.82) is 0 Å². The van der Waals surface area contributed by atoms with Gasteiger partial charge in [-0.2, -0.15) is 0 Å². The highest BCUT2D eigenvalue weighted by atomic mass is 16.4. The van der Waals surface area contributed by atoms with E-state index >= 15 is 0 Å². The van der Waals surface area contributed by atoms with Crippen molar-refractivity contribution in [3.05, 3.63) is 101 Å². The van der Waals surface area contributed by atoms with E-state index in [1.807, 2.05) is 30.3 Å². The lowest BCUT2D eigenvalue weighted by Gasteiger charge is -2.32. The molecule has 3 N–H and O–H groups in total. The van der Waals surface area contributed by atoms with Crippen LogP contribution in [0.5, 0.6) is 0 Å². The number of urea groups is 1. The Morgan fingerprint density at radius 3 is 2.19 bits per heavy atom. The Kier molecular flexibility index (Phi) is 5.34. The Labute approximate surface area is 181 Å². The van der Waals surface area contributed by atoms with Gasteiger partial charge in [-0.15, -0.1) is 0 Å². The predicted molar refractivity (Wildman–Crippen MR) is 124 cm³/mol. The van der Waals surface area contributed by atoms with E-state index in [0.717, 1.165) is 17.5 Å². The van der Waals surface area contributed by atoms with E-state index in [1.54, 1.807) is 12.1 Å². The van der Waals surface area contributed by atoms with Gasteiger partial charge < -0.3 is 15.7 Å². The minimum absolute atomic E-state index is 0.0142. The quantitative estimate of drug-likeness (QED) is 0.481. The van der Waals surface area contributed by atoms with Gasteiger partial charge in [0.1, 0.15) is 0 Å². The molecule has 5 heteroatoms. The highest BCUT2D eigenvalue weighted by molar-refractivity contribution is 6.00. The minimum atomic E-state index is -1.00. The normalized spacial score (nSPS) is 14.2. The van der Waals surface area contributed by atoms with Crippen molar-refractivity contribution in [2.45, 2.75) is 25.7 Å². The molecule has 2 amide bonds. The third-order valence-corrected chi connectivity index (χ3v) is 5.59. The Bertz CT molecular complexity index is 1160. The number of amides is 2. The summed E-state index contributed by atoms with van der Waals surface area (Å²) in [5, 5.41) is 14.6. The van der Waals surface area contributed by atoms with Gasteiger partial charge in [0.25, 0.3) is 0 Å². The Balaban J connectivity index is 1.57. The van der Waals surface area contributed by atoms with Crippen molar-refractivity contribution in [3.8, 4) is 0 Å². The largest absolute Gasteiger partial charge is 0.478 e. The van der Waals surface area contributed by atoms with Crippen LogP contribution < -0.4 is 10.6 Å². The number of carboxylic acid groups (broad SMARTS) is 1. The van der Waals surface area contributed by atoms with Crippen molar-refractivity contribution >= 4 is 28.9 Å². The monoisotopic (exact) mass is 412 g/mol. The Morgan fingerprint density at radius 2 is 1.52 bits per heavy atom. The highest BCUT2D eigenvalue weighted by Crippen LogP contribution is 2.42. The van der Waals surface area contributed by atoms with Gasteiger partial charge in [-0.05, 0) is 70.5 Å². The second-order valence-corrected chi connectivity index (χ2v) is 8.29. The number of benzene rings is 3. The van der Waals surface area contributed by atoms with Crippen LogP contribution >= 0.6 is 0 Å². The van der Waals surface area contributed by atoms with Gasteiger partial charge >= 0.3 is 12.0 Å². The minimum Gasteiger partial charge on any atom is -0.478 e. The summed E-state index contributed by atoms with van der Waals surface area (Å²) >= 11 is 0. The first-order chi connectivity index (χ1) is 14.8. The number of aromatic carboxylic acids is 1. The number of carbonyl (C=O) groups excluding carboxylic acids is 1. The second-order valence-electron chi connectivity index (χ2n) is 8.29. The summed E-state index contributed by atoms with van der Waals surface area (Å²) < 4.78 is 0. The standard InChI is InChI=1S/C26H24N2O3/c1-26(2)15-14-21(17-6-4-3-5-7-17)22-16-20(12-13-23(22)26)28-25(31)27-19-10-8-18(9-11-19)24(29)30/h3-14,16H,15H2,1-2H3,(H,29,30)(H2,27,28,31). The van der Waals surface area contributed by atoms with E-state index in [4.69, 9.17) is 5.11 Å². The van der Waals surface area contributed by atoms with E-state index in [0.29, 0.717) is 11.4 Å². The van der Waals surface area contributed by atoms with E-state index in [1.165, 1.54) is 23.3 Å². The first-order valence-electron chi connectivity index (χ1n) is 10.2. The van der Waals surface area contributed by atoms with Crippen LogP contribution in [0.25, 0.3) is 5.57 Å². The zero-order chi connectivity index (χ0) is 22.0. The highest BCUT2D eigenvalue weighted by Gasteiger charge is 2.28. The van der Waals surface area contributed by atoms with E-state index in [2.05, 4.69) is 48.8 Å². The number of nitrogens with one attached hydrogen (secondary N) is 2. The van der Waals surface area contributed by atoms with Crippen molar-refractivity contribution in [1.82, 2.24) is 0 Å². The number of carbonyl (C=O) groups is 2. The van der Waals surface area contributed by atoms with Crippen LogP contribution in [0.4, 0.5) is 16.2 Å². The molecule has 1 aliphatic rings. The topological polar surface area (TPSA) is 78.4 Å². The zero-order valence-electron chi connectivity index (χ0n) is 17.5. The summed E-state index contributed by atoms with van der Waals surface area (Å²) in [6, 6.07) is 21.9. The molecule has 0 aliphatic heterocycles. The number of hydrogen-bond acceptors (Lipinski definition) is 2. The fourth-order valence-corrected chi connectivity index (χ4v) is 3.89. The smallest absolute Gasteiger partial charge is 0.335 e. The third kappa shape index (κ3) is 4.36. The lowest BCUT2D eigenvalue weighted by Crippen LogP contribution is -2.23. The molecule has 156 valence electrons. The summed E-state index contributed by atoms with van der Waals surface area (Å²) in [7, 11) is 0. The Hall–Kier alpha value is -3.86. The predicted octanol–water partition coefficient (Wildman–Crippen LogP) is 6.14. The average molecular weight is 412 g/mol. The fraction of sp³-hybridized carbons (Fsp3) is 0.154. The maximum atomic E-state index is 12.5. The molecule has 0 radical (unpaired) electrons. The van der Waals surface area contributed by atoms with Gasteiger partial charge in [-0.3, -0.25) is 0 Å². The molecule has 1 aliphatic carbocycles. The van der Waals surface area contributed by atoms with Gasteiger partial charge in [-0.25, -0.2) is 9.59 Å². The van der Waals surface area contributed by atoms with Gasteiger partial charge in [0.15, 0.2) is 0 Å². The van der Waals surface area contributed by atoms with Gasteiger partial charge in [0.2, 0.25) is 0 Å².